The fraction of sp³-hybridized carbons (Fsp3) is 0.769. The van der Waals surface area contributed by atoms with E-state index >= 15 is 0 Å². The molecule has 1 aliphatic heterocycles. The molecule has 0 aromatic carbocycles. The Morgan fingerprint density at radius 3 is 1.26 bits per heavy atom. The smallest absolute Gasteiger partial charge is 0.246 e. The highest BCUT2D eigenvalue weighted by Gasteiger charge is 2.15. The van der Waals surface area contributed by atoms with E-state index in [0.717, 1.165) is 0 Å². The van der Waals surface area contributed by atoms with Crippen molar-refractivity contribution in [3.63, 3.8) is 0 Å². The molecule has 42 heavy (non-hydrogen) atoms. The van der Waals surface area contributed by atoms with E-state index < -0.39 is 23.6 Å². The van der Waals surface area contributed by atoms with Crippen molar-refractivity contribution in [2.24, 2.45) is 0 Å². The Hall–Kier alpha value is -3.34. The Morgan fingerprint density at radius 2 is 0.833 bits per heavy atom. The van der Waals surface area contributed by atoms with Gasteiger partial charge in [0, 0.05) is 71.2 Å². The van der Waals surface area contributed by atoms with Crippen molar-refractivity contribution in [2.45, 2.75) is 77.0 Å². The Bertz CT molecular complexity index is 765. The van der Waals surface area contributed by atoms with Crippen molar-refractivity contribution >= 4 is 35.4 Å². The molecule has 6 N–H and O–H groups in total. The summed E-state index contributed by atoms with van der Waals surface area (Å²) in [5, 5.41) is 39.1. The zero-order chi connectivity index (χ0) is 31.2. The van der Waals surface area contributed by atoms with Gasteiger partial charge in [-0.05, 0) is 38.5 Å². The molecule has 0 bridgehead atoms. The van der Waals surface area contributed by atoms with Crippen LogP contribution in [-0.4, -0.2) is 119 Å². The number of hydrogen-bond acceptors (Lipinski definition) is 10. The molecule has 0 unspecified atom stereocenters. The lowest BCUT2D eigenvalue weighted by molar-refractivity contribution is -0.168. The zero-order valence-electron chi connectivity index (χ0n) is 24.2. The van der Waals surface area contributed by atoms with Crippen LogP contribution in [0.1, 0.15) is 77.0 Å². The highest BCUT2D eigenvalue weighted by Crippen LogP contribution is 2.03. The summed E-state index contributed by atoms with van der Waals surface area (Å²) < 4.78 is 5.27. The number of amides is 6. The Balaban J connectivity index is 2.49. The van der Waals surface area contributed by atoms with E-state index in [-0.39, 0.29) is 89.7 Å². The van der Waals surface area contributed by atoms with Gasteiger partial charge >= 0.3 is 0 Å². The number of nitrogens with zero attached hydrogens (tertiary/aromatic N) is 3. The van der Waals surface area contributed by atoms with Gasteiger partial charge in [-0.15, -0.1) is 0 Å². The molecular weight excluding hydrogens is 556 g/mol. The van der Waals surface area contributed by atoms with Crippen LogP contribution in [0.3, 0.4) is 0 Å². The van der Waals surface area contributed by atoms with Crippen molar-refractivity contribution in [1.29, 1.82) is 0 Å². The molecule has 16 heteroatoms. The van der Waals surface area contributed by atoms with Crippen LogP contribution in [0.5, 0.6) is 0 Å². The molecule has 0 aromatic rings. The minimum Gasteiger partial charge on any atom is -0.378 e. The van der Waals surface area contributed by atoms with Crippen molar-refractivity contribution in [3.05, 3.63) is 0 Å². The van der Waals surface area contributed by atoms with Crippen molar-refractivity contribution in [2.75, 3.05) is 52.5 Å². The van der Waals surface area contributed by atoms with Crippen LogP contribution in [0.25, 0.3) is 0 Å². The fourth-order valence-electron chi connectivity index (χ4n) is 3.79. The first-order valence-electron chi connectivity index (χ1n) is 14.5. The Kier molecular flexibility index (Phi) is 19.5. The molecular formula is C26H46N6O10. The molecule has 1 fully saturated rings. The predicted octanol–water partition coefficient (Wildman–Crippen LogP) is -0.300. The molecule has 1 heterocycles. The molecule has 6 amide bonds. The predicted molar refractivity (Wildman–Crippen MR) is 146 cm³/mol. The van der Waals surface area contributed by atoms with Gasteiger partial charge in [0.25, 0.3) is 0 Å². The van der Waals surface area contributed by atoms with E-state index in [1.807, 2.05) is 0 Å². The first kappa shape index (κ1) is 36.7. The molecule has 0 aliphatic carbocycles. The third kappa shape index (κ3) is 18.2. The average Bonchev–Trinajstić information content (AvgIpc) is 2.97. The van der Waals surface area contributed by atoms with E-state index in [1.165, 1.54) is 0 Å². The molecule has 0 saturated carbocycles. The van der Waals surface area contributed by atoms with Gasteiger partial charge in [-0.1, -0.05) is 0 Å². The van der Waals surface area contributed by atoms with E-state index in [0.29, 0.717) is 66.8 Å². The first-order chi connectivity index (χ1) is 20.1. The molecule has 240 valence electrons. The minimum atomic E-state index is -0.642. The zero-order valence-corrected chi connectivity index (χ0v) is 24.2. The first-order valence-corrected chi connectivity index (χ1v) is 14.5. The SMILES string of the molecule is O=C1CCC(=O)N(O)CCCCCNC(=O)CCC(=O)N(O)CCOCCNC(=O)CCC(=O)N(O)CCCCCN1. The number of carbonyl (C=O) groups is 6. The number of hydroxylamine groups is 6. The van der Waals surface area contributed by atoms with E-state index in [4.69, 9.17) is 4.74 Å². The van der Waals surface area contributed by atoms with Gasteiger partial charge in [-0.3, -0.25) is 44.4 Å². The number of ether oxygens (including phenoxy) is 1. The molecule has 0 atom stereocenters. The lowest BCUT2D eigenvalue weighted by Gasteiger charge is -2.15. The van der Waals surface area contributed by atoms with Crippen LogP contribution in [-0.2, 0) is 33.5 Å². The van der Waals surface area contributed by atoms with Gasteiger partial charge in [-0.25, -0.2) is 15.2 Å². The molecule has 1 saturated heterocycles. The van der Waals surface area contributed by atoms with Gasteiger partial charge < -0.3 is 20.7 Å². The molecule has 0 spiro atoms. The molecule has 1 aliphatic rings. The van der Waals surface area contributed by atoms with Crippen LogP contribution >= 0.6 is 0 Å². The number of carbonyl (C=O) groups excluding carboxylic acids is 6. The third-order valence-electron chi connectivity index (χ3n) is 6.32. The lowest BCUT2D eigenvalue weighted by atomic mass is 10.2. The summed E-state index contributed by atoms with van der Waals surface area (Å²) >= 11 is 0. The van der Waals surface area contributed by atoms with Crippen molar-refractivity contribution in [1.82, 2.24) is 31.1 Å². The molecule has 0 radical (unpaired) electrons. The van der Waals surface area contributed by atoms with Gasteiger partial charge in [0.05, 0.1) is 19.8 Å². The minimum absolute atomic E-state index is 0.00546. The standard InChI is InChI=1S/C26H46N6O10/c33-21-7-10-24(36)30(39)16-5-2-4-14-28-22(34)8-12-26(38)32(41)18-20-42-19-15-29-23(35)9-11-25(37)31(40)17-6-1-3-13-27-21/h39-41H,1-20H2,(H,27,33)(H,28,34)(H,29,35). The number of hydrogen-bond donors (Lipinski definition) is 6. The third-order valence-corrected chi connectivity index (χ3v) is 6.32. The second-order valence-corrected chi connectivity index (χ2v) is 9.83. The Labute approximate surface area is 245 Å². The maximum absolute atomic E-state index is 12.0. The molecule has 16 nitrogen and oxygen atoms in total. The average molecular weight is 603 g/mol. The monoisotopic (exact) mass is 602 g/mol. The van der Waals surface area contributed by atoms with Crippen LogP contribution in [0.2, 0.25) is 0 Å². The van der Waals surface area contributed by atoms with E-state index in [9.17, 15) is 44.4 Å². The highest BCUT2D eigenvalue weighted by molar-refractivity contribution is 5.84. The van der Waals surface area contributed by atoms with E-state index in [1.54, 1.807) is 0 Å². The summed E-state index contributed by atoms with van der Waals surface area (Å²) in [5.41, 5.74) is 0. The van der Waals surface area contributed by atoms with Crippen LogP contribution in [0.4, 0.5) is 0 Å². The maximum atomic E-state index is 12.0. The summed E-state index contributed by atoms with van der Waals surface area (Å²) in [6.07, 6.45) is 2.62. The molecule has 1 rings (SSSR count). The molecule has 0 aromatic heterocycles. The van der Waals surface area contributed by atoms with E-state index in [2.05, 4.69) is 16.0 Å². The summed E-state index contributed by atoms with van der Waals surface area (Å²) in [6.45, 7) is 1.05. The quantitative estimate of drug-likeness (QED) is 0.199. The van der Waals surface area contributed by atoms with Crippen LogP contribution in [0.15, 0.2) is 0 Å². The topological polar surface area (TPSA) is 218 Å². The highest BCUT2D eigenvalue weighted by atomic mass is 16.5. The van der Waals surface area contributed by atoms with Gasteiger partial charge in [-0.2, -0.15) is 0 Å². The maximum Gasteiger partial charge on any atom is 0.246 e. The number of nitrogens with one attached hydrogen (secondary N) is 3. The van der Waals surface area contributed by atoms with Crippen molar-refractivity contribution < 1.29 is 49.1 Å². The second kappa shape index (κ2) is 22.3. The summed E-state index contributed by atoms with van der Waals surface area (Å²) in [5.74, 6) is -2.88. The summed E-state index contributed by atoms with van der Waals surface area (Å²) in [6, 6.07) is 0. The van der Waals surface area contributed by atoms with Gasteiger partial charge in [0.2, 0.25) is 35.4 Å². The van der Waals surface area contributed by atoms with Crippen LogP contribution in [0, 0.1) is 0 Å². The fourth-order valence-corrected chi connectivity index (χ4v) is 3.79. The summed E-state index contributed by atoms with van der Waals surface area (Å²) in [4.78, 5) is 71.8. The Morgan fingerprint density at radius 1 is 0.452 bits per heavy atom. The van der Waals surface area contributed by atoms with Crippen LogP contribution < -0.4 is 16.0 Å². The van der Waals surface area contributed by atoms with Gasteiger partial charge in [0.15, 0.2) is 0 Å². The normalized spacial score (nSPS) is 21.4. The largest absolute Gasteiger partial charge is 0.378 e. The van der Waals surface area contributed by atoms with Gasteiger partial charge in [0.1, 0.15) is 0 Å². The number of rotatable bonds is 0. The lowest BCUT2D eigenvalue weighted by Crippen LogP contribution is -2.34. The summed E-state index contributed by atoms with van der Waals surface area (Å²) in [7, 11) is 0. The second-order valence-electron chi connectivity index (χ2n) is 9.83. The van der Waals surface area contributed by atoms with Crippen molar-refractivity contribution in [3.8, 4) is 0 Å².